The number of nitrogens with zero attached hydrogens (tertiary/aromatic N) is 1. The highest BCUT2D eigenvalue weighted by Crippen LogP contribution is 2.33. The van der Waals surface area contributed by atoms with E-state index in [1.165, 1.54) is 4.90 Å². The Hall–Kier alpha value is -1.59. The summed E-state index contributed by atoms with van der Waals surface area (Å²) in [5, 5.41) is 11.9. The van der Waals surface area contributed by atoms with Gasteiger partial charge in [-0.25, -0.2) is 0 Å². The number of aliphatic carboxylic acids is 1. The highest BCUT2D eigenvalue weighted by Gasteiger charge is 2.42. The van der Waals surface area contributed by atoms with E-state index in [1.54, 1.807) is 27.8 Å². The fourth-order valence-corrected chi connectivity index (χ4v) is 2.45. The lowest BCUT2D eigenvalue weighted by Gasteiger charge is -2.32. The van der Waals surface area contributed by atoms with Gasteiger partial charge in [0.15, 0.2) is 0 Å². The maximum atomic E-state index is 12.4. The summed E-state index contributed by atoms with van der Waals surface area (Å²) in [6.45, 7) is 5.69. The molecule has 0 aromatic carbocycles. The van der Waals surface area contributed by atoms with Crippen LogP contribution in [-0.2, 0) is 14.4 Å². The number of rotatable bonds is 5. The minimum absolute atomic E-state index is 0.0759. The lowest BCUT2D eigenvalue weighted by molar-refractivity contribution is -0.156. The van der Waals surface area contributed by atoms with Crippen molar-refractivity contribution in [2.45, 2.75) is 46.1 Å². The van der Waals surface area contributed by atoms with Gasteiger partial charge < -0.3 is 15.3 Å². The topological polar surface area (TPSA) is 86.7 Å². The van der Waals surface area contributed by atoms with Crippen molar-refractivity contribution in [3.05, 3.63) is 0 Å². The average Bonchev–Trinajstić information content (AvgIpc) is 2.86. The van der Waals surface area contributed by atoms with E-state index in [9.17, 15) is 19.5 Å². The quantitative estimate of drug-likeness (QED) is 0.784. The van der Waals surface area contributed by atoms with Gasteiger partial charge >= 0.3 is 5.97 Å². The fraction of sp³-hybridized carbons (Fsp3) is 0.786. The summed E-state index contributed by atoms with van der Waals surface area (Å²) < 4.78 is 0. The molecule has 2 N–H and O–H groups in total. The number of carboxylic acids is 1. The van der Waals surface area contributed by atoms with E-state index in [0.717, 1.165) is 6.42 Å². The van der Waals surface area contributed by atoms with Crippen molar-refractivity contribution in [1.29, 1.82) is 0 Å². The Morgan fingerprint density at radius 2 is 2.00 bits per heavy atom. The van der Waals surface area contributed by atoms with Crippen LogP contribution in [0, 0.1) is 11.3 Å². The van der Waals surface area contributed by atoms with Crippen molar-refractivity contribution in [2.75, 3.05) is 13.6 Å². The summed E-state index contributed by atoms with van der Waals surface area (Å²) in [5.41, 5.74) is -1.10. The molecular formula is C14H24N2O4. The van der Waals surface area contributed by atoms with E-state index >= 15 is 0 Å². The highest BCUT2D eigenvalue weighted by atomic mass is 16.4. The maximum Gasteiger partial charge on any atom is 0.310 e. The van der Waals surface area contributed by atoms with E-state index < -0.39 is 17.4 Å². The number of carbonyl (C=O) groups excluding carboxylic acids is 2. The first-order valence-electron chi connectivity index (χ1n) is 6.98. The second-order valence-corrected chi connectivity index (χ2v) is 5.91. The summed E-state index contributed by atoms with van der Waals surface area (Å²) >= 11 is 0. The Balaban J connectivity index is 2.84. The number of likely N-dealkylation sites (N-methyl/N-ethyl adjacent to an activating group) is 1. The molecule has 1 rings (SSSR count). The van der Waals surface area contributed by atoms with Gasteiger partial charge in [0, 0.05) is 20.0 Å². The van der Waals surface area contributed by atoms with Crippen LogP contribution in [0.25, 0.3) is 0 Å². The molecule has 1 aliphatic heterocycles. The van der Waals surface area contributed by atoms with Crippen LogP contribution in [0.5, 0.6) is 0 Å². The van der Waals surface area contributed by atoms with Crippen LogP contribution >= 0.6 is 0 Å². The molecule has 6 heteroatoms. The zero-order valence-electron chi connectivity index (χ0n) is 12.6. The third kappa shape index (κ3) is 3.11. The first kappa shape index (κ1) is 16.5. The molecule has 0 radical (unpaired) electrons. The predicted octanol–water partition coefficient (Wildman–Crippen LogP) is 0.860. The second kappa shape index (κ2) is 6.24. The zero-order valence-corrected chi connectivity index (χ0v) is 12.6. The Kier molecular flexibility index (Phi) is 5.14. The fourth-order valence-electron chi connectivity index (χ4n) is 2.45. The Bertz CT molecular complexity index is 408. The number of nitrogens with one attached hydrogen (secondary N) is 1. The van der Waals surface area contributed by atoms with Crippen LogP contribution in [0.15, 0.2) is 0 Å². The van der Waals surface area contributed by atoms with Crippen LogP contribution in [0.2, 0.25) is 0 Å². The molecule has 1 saturated heterocycles. The van der Waals surface area contributed by atoms with E-state index in [-0.39, 0.29) is 24.2 Å². The molecule has 0 saturated carbocycles. The zero-order chi connectivity index (χ0) is 15.5. The number of likely N-dealkylation sites (tertiary alicyclic amines) is 1. The summed E-state index contributed by atoms with van der Waals surface area (Å²) in [6.07, 6.45) is 1.33. The Morgan fingerprint density at radius 1 is 1.40 bits per heavy atom. The summed E-state index contributed by atoms with van der Waals surface area (Å²) in [7, 11) is 1.54. The third-order valence-corrected chi connectivity index (χ3v) is 4.40. The number of carboxylic acid groups (broad SMARTS) is 1. The molecular weight excluding hydrogens is 260 g/mol. The lowest BCUT2D eigenvalue weighted by Crippen LogP contribution is -2.47. The first-order valence-corrected chi connectivity index (χ1v) is 6.98. The van der Waals surface area contributed by atoms with E-state index in [0.29, 0.717) is 13.0 Å². The maximum absolute atomic E-state index is 12.4. The van der Waals surface area contributed by atoms with Gasteiger partial charge in [-0.15, -0.1) is 0 Å². The molecule has 1 aliphatic rings. The molecule has 2 amide bonds. The standard InChI is InChI=1S/C14H24N2O4/c1-9(2)14(3,13(19)20)8-11(17)16-7-5-6-10(16)12(18)15-4/h9-10H,5-8H2,1-4H3,(H,15,18)(H,19,20). The van der Waals surface area contributed by atoms with Crippen LogP contribution < -0.4 is 5.32 Å². The molecule has 0 aromatic heterocycles. The molecule has 1 fully saturated rings. The minimum Gasteiger partial charge on any atom is -0.481 e. The minimum atomic E-state index is -1.10. The highest BCUT2D eigenvalue weighted by molar-refractivity contribution is 5.90. The second-order valence-electron chi connectivity index (χ2n) is 5.91. The van der Waals surface area contributed by atoms with Crippen molar-refractivity contribution in [2.24, 2.45) is 11.3 Å². The van der Waals surface area contributed by atoms with Crippen molar-refractivity contribution in [3.63, 3.8) is 0 Å². The SMILES string of the molecule is CNC(=O)C1CCCN1C(=O)CC(C)(C(=O)O)C(C)C. The van der Waals surface area contributed by atoms with E-state index in [1.807, 2.05) is 0 Å². The van der Waals surface area contributed by atoms with Crippen molar-refractivity contribution in [1.82, 2.24) is 10.2 Å². The predicted molar refractivity (Wildman–Crippen MR) is 74.0 cm³/mol. The smallest absolute Gasteiger partial charge is 0.310 e. The molecule has 6 nitrogen and oxygen atoms in total. The number of carbonyl (C=O) groups is 3. The number of hydrogen-bond acceptors (Lipinski definition) is 3. The number of amides is 2. The van der Waals surface area contributed by atoms with E-state index in [4.69, 9.17) is 0 Å². The Morgan fingerprint density at radius 3 is 2.45 bits per heavy atom. The van der Waals surface area contributed by atoms with Crippen LogP contribution in [0.4, 0.5) is 0 Å². The lowest BCUT2D eigenvalue weighted by atomic mass is 9.76. The van der Waals surface area contributed by atoms with Crippen molar-refractivity contribution < 1.29 is 19.5 Å². The first-order chi connectivity index (χ1) is 9.24. The molecule has 0 aliphatic carbocycles. The molecule has 0 bridgehead atoms. The largest absolute Gasteiger partial charge is 0.481 e. The molecule has 114 valence electrons. The Labute approximate surface area is 119 Å². The van der Waals surface area contributed by atoms with Gasteiger partial charge in [-0.3, -0.25) is 14.4 Å². The van der Waals surface area contributed by atoms with Crippen LogP contribution in [0.3, 0.4) is 0 Å². The molecule has 2 unspecified atom stereocenters. The summed E-state index contributed by atoms with van der Waals surface area (Å²) in [4.78, 5) is 37.1. The van der Waals surface area contributed by atoms with Gasteiger partial charge in [0.05, 0.1) is 5.41 Å². The van der Waals surface area contributed by atoms with Gasteiger partial charge in [-0.2, -0.15) is 0 Å². The molecule has 0 aromatic rings. The molecule has 1 heterocycles. The molecule has 20 heavy (non-hydrogen) atoms. The van der Waals surface area contributed by atoms with Gasteiger partial charge in [0.25, 0.3) is 0 Å². The van der Waals surface area contributed by atoms with Gasteiger partial charge in [-0.1, -0.05) is 13.8 Å². The monoisotopic (exact) mass is 284 g/mol. The van der Waals surface area contributed by atoms with Gasteiger partial charge in [0.2, 0.25) is 11.8 Å². The summed E-state index contributed by atoms with van der Waals surface area (Å²) in [6, 6.07) is -0.460. The van der Waals surface area contributed by atoms with Crippen molar-refractivity contribution in [3.8, 4) is 0 Å². The van der Waals surface area contributed by atoms with Gasteiger partial charge in [-0.05, 0) is 25.7 Å². The van der Waals surface area contributed by atoms with E-state index in [2.05, 4.69) is 5.32 Å². The van der Waals surface area contributed by atoms with Crippen LogP contribution in [0.1, 0.15) is 40.0 Å². The molecule has 0 spiro atoms. The van der Waals surface area contributed by atoms with Gasteiger partial charge in [0.1, 0.15) is 6.04 Å². The van der Waals surface area contributed by atoms with Crippen molar-refractivity contribution >= 4 is 17.8 Å². The average molecular weight is 284 g/mol. The number of hydrogen-bond donors (Lipinski definition) is 2. The molecule has 2 atom stereocenters. The normalized spacial score (nSPS) is 21.6. The third-order valence-electron chi connectivity index (χ3n) is 4.40. The van der Waals surface area contributed by atoms with Crippen LogP contribution in [-0.4, -0.2) is 47.4 Å². The summed E-state index contributed by atoms with van der Waals surface area (Å²) in [5.74, 6) is -1.58.